The van der Waals surface area contributed by atoms with Gasteiger partial charge in [0.1, 0.15) is 0 Å². The third kappa shape index (κ3) is 3.62. The maximum absolute atomic E-state index is 14.3. The summed E-state index contributed by atoms with van der Waals surface area (Å²) in [7, 11) is 2.91. The Morgan fingerprint density at radius 2 is 1.74 bits per heavy atom. The molecule has 9 heteroatoms. The molecule has 1 aromatic carbocycles. The average molecular weight is 389 g/mol. The number of methoxy groups -OCH3 is 1. The molecule has 0 aromatic heterocycles. The summed E-state index contributed by atoms with van der Waals surface area (Å²) in [5, 5.41) is 2.83. The summed E-state index contributed by atoms with van der Waals surface area (Å²) in [5.41, 5.74) is -0.971. The van der Waals surface area contributed by atoms with Crippen LogP contribution in [-0.2, 0) is 11.3 Å². The molecule has 2 heterocycles. The van der Waals surface area contributed by atoms with E-state index in [9.17, 15) is 22.4 Å². The van der Waals surface area contributed by atoms with E-state index < -0.39 is 34.6 Å². The Labute approximate surface area is 155 Å². The fraction of sp³-hybridized carbons (Fsp3) is 0.611. The van der Waals surface area contributed by atoms with Crippen LogP contribution >= 0.6 is 0 Å². The molecule has 0 bridgehead atoms. The van der Waals surface area contributed by atoms with Gasteiger partial charge in [0.25, 0.3) is 0 Å². The first kappa shape index (κ1) is 19.9. The zero-order valence-electron chi connectivity index (χ0n) is 15.4. The van der Waals surface area contributed by atoms with E-state index in [1.165, 1.54) is 0 Å². The summed E-state index contributed by atoms with van der Waals surface area (Å²) in [6.45, 7) is 1.83. The van der Waals surface area contributed by atoms with Gasteiger partial charge in [-0.15, -0.1) is 0 Å². The van der Waals surface area contributed by atoms with Gasteiger partial charge in [-0.05, 0) is 19.9 Å². The van der Waals surface area contributed by atoms with Crippen LogP contribution in [0.2, 0.25) is 0 Å². The Kier molecular flexibility index (Phi) is 5.62. The van der Waals surface area contributed by atoms with Crippen molar-refractivity contribution in [2.75, 3.05) is 40.3 Å². The van der Waals surface area contributed by atoms with Gasteiger partial charge in [0, 0.05) is 50.2 Å². The van der Waals surface area contributed by atoms with Gasteiger partial charge in [-0.3, -0.25) is 14.6 Å². The van der Waals surface area contributed by atoms with Crippen molar-refractivity contribution in [3.05, 3.63) is 28.8 Å². The summed E-state index contributed by atoms with van der Waals surface area (Å²) in [6, 6.07) is 0. The van der Waals surface area contributed by atoms with E-state index >= 15 is 0 Å². The lowest BCUT2D eigenvalue weighted by atomic mass is 9.86. The van der Waals surface area contributed by atoms with E-state index in [1.807, 2.05) is 7.05 Å². The molecule has 0 radical (unpaired) electrons. The molecule has 1 spiro atoms. The maximum atomic E-state index is 14.3. The fourth-order valence-electron chi connectivity index (χ4n) is 4.01. The highest BCUT2D eigenvalue weighted by Crippen LogP contribution is 2.34. The molecule has 1 unspecified atom stereocenters. The number of carbonyl (C=O) groups excluding carboxylic acids is 1. The third-order valence-corrected chi connectivity index (χ3v) is 5.71. The number of nitrogens with zero attached hydrogens (tertiary/aromatic N) is 2. The minimum atomic E-state index is -1.53. The predicted molar refractivity (Wildman–Crippen MR) is 90.3 cm³/mol. The molecule has 2 saturated heterocycles. The number of rotatable bonds is 3. The number of ether oxygens (including phenoxy) is 1. The van der Waals surface area contributed by atoms with E-state index in [1.54, 1.807) is 4.90 Å². The zero-order chi connectivity index (χ0) is 19.8. The normalized spacial score (nSPS) is 24.7. The number of piperazine rings is 1. The second-order valence-electron chi connectivity index (χ2n) is 7.22. The van der Waals surface area contributed by atoms with Gasteiger partial charge >= 0.3 is 0 Å². The topological polar surface area (TPSA) is 44.8 Å². The van der Waals surface area contributed by atoms with E-state index in [-0.39, 0.29) is 18.0 Å². The van der Waals surface area contributed by atoms with E-state index in [0.717, 1.165) is 7.11 Å². The largest absolute Gasteiger partial charge is 0.491 e. The lowest BCUT2D eigenvalue weighted by molar-refractivity contribution is -0.121. The first-order valence-electron chi connectivity index (χ1n) is 8.88. The molecule has 1 atom stereocenters. The van der Waals surface area contributed by atoms with Crippen molar-refractivity contribution < 1.29 is 27.1 Å². The van der Waals surface area contributed by atoms with Crippen LogP contribution in [0.15, 0.2) is 0 Å². The molecule has 150 valence electrons. The van der Waals surface area contributed by atoms with E-state index in [4.69, 9.17) is 0 Å². The standard InChI is InChI=1S/C18H23F4N3O2/c1-24-7-8-25(10-18(24)4-3-12(26)23-6-5-18)9-11-13(19)15(21)17(27-2)16(22)14(11)20/h3-10H2,1-2H3,(H,23,26). The Hall–Kier alpha value is -1.87. The minimum absolute atomic E-state index is 0.0196. The number of amides is 1. The second kappa shape index (κ2) is 7.63. The summed E-state index contributed by atoms with van der Waals surface area (Å²) < 4.78 is 61.0. The van der Waals surface area contributed by atoms with Gasteiger partial charge in [0.05, 0.1) is 7.11 Å². The van der Waals surface area contributed by atoms with Gasteiger partial charge < -0.3 is 10.1 Å². The van der Waals surface area contributed by atoms with Crippen LogP contribution in [0.25, 0.3) is 0 Å². The van der Waals surface area contributed by atoms with Gasteiger partial charge in [-0.2, -0.15) is 8.78 Å². The van der Waals surface area contributed by atoms with Crippen molar-refractivity contribution in [2.24, 2.45) is 0 Å². The molecule has 1 amide bonds. The number of likely N-dealkylation sites (N-methyl/N-ethyl adjacent to an activating group) is 1. The van der Waals surface area contributed by atoms with Gasteiger partial charge in [0.2, 0.25) is 17.5 Å². The molecule has 3 rings (SSSR count). The quantitative estimate of drug-likeness (QED) is 0.635. The smallest absolute Gasteiger partial charge is 0.220 e. The van der Waals surface area contributed by atoms with Crippen molar-refractivity contribution in [1.82, 2.24) is 15.1 Å². The second-order valence-corrected chi connectivity index (χ2v) is 7.22. The number of nitrogens with one attached hydrogen (secondary N) is 1. The molecular formula is C18H23F4N3O2. The number of hydrogen-bond donors (Lipinski definition) is 1. The molecule has 0 aliphatic carbocycles. The van der Waals surface area contributed by atoms with Crippen molar-refractivity contribution in [1.29, 1.82) is 0 Å². The van der Waals surface area contributed by atoms with Crippen LogP contribution in [0.3, 0.4) is 0 Å². The summed E-state index contributed by atoms with van der Waals surface area (Å²) >= 11 is 0. The Bertz CT molecular complexity index is 717. The van der Waals surface area contributed by atoms with Crippen LogP contribution < -0.4 is 10.1 Å². The highest BCUT2D eigenvalue weighted by Gasteiger charge is 2.41. The zero-order valence-corrected chi connectivity index (χ0v) is 15.4. The highest BCUT2D eigenvalue weighted by molar-refractivity contribution is 5.76. The van der Waals surface area contributed by atoms with Crippen molar-refractivity contribution >= 4 is 5.91 Å². The first-order valence-corrected chi connectivity index (χ1v) is 8.88. The van der Waals surface area contributed by atoms with Crippen LogP contribution in [0.4, 0.5) is 17.6 Å². The van der Waals surface area contributed by atoms with Crippen molar-refractivity contribution in [3.63, 3.8) is 0 Å². The summed E-state index contributed by atoms with van der Waals surface area (Å²) in [4.78, 5) is 15.6. The molecule has 0 saturated carbocycles. The molecule has 2 aliphatic rings. The number of benzene rings is 1. The molecule has 1 N–H and O–H groups in total. The molecule has 2 aliphatic heterocycles. The highest BCUT2D eigenvalue weighted by atomic mass is 19.2. The van der Waals surface area contributed by atoms with Crippen LogP contribution in [0.1, 0.15) is 24.8 Å². The lowest BCUT2D eigenvalue weighted by Crippen LogP contribution is -2.60. The third-order valence-electron chi connectivity index (χ3n) is 5.71. The van der Waals surface area contributed by atoms with Crippen LogP contribution in [-0.4, -0.2) is 61.6 Å². The Morgan fingerprint density at radius 1 is 1.07 bits per heavy atom. The molecule has 27 heavy (non-hydrogen) atoms. The molecule has 1 aromatic rings. The summed E-state index contributed by atoms with van der Waals surface area (Å²) in [5.74, 6) is -7.00. The first-order chi connectivity index (χ1) is 12.8. The SMILES string of the molecule is COc1c(F)c(F)c(CN2CCN(C)C3(CCNC(=O)CC3)C2)c(F)c1F. The average Bonchev–Trinajstić information content (AvgIpc) is 2.83. The Morgan fingerprint density at radius 3 is 2.37 bits per heavy atom. The lowest BCUT2D eigenvalue weighted by Gasteiger charge is -2.49. The number of halogens is 4. The van der Waals surface area contributed by atoms with Crippen LogP contribution in [0.5, 0.6) is 5.75 Å². The van der Waals surface area contributed by atoms with E-state index in [0.29, 0.717) is 45.4 Å². The maximum Gasteiger partial charge on any atom is 0.220 e. The predicted octanol–water partition coefficient (Wildman–Crippen LogP) is 2.04. The van der Waals surface area contributed by atoms with Crippen LogP contribution in [0, 0.1) is 23.3 Å². The number of carbonyl (C=O) groups is 1. The van der Waals surface area contributed by atoms with Gasteiger partial charge in [-0.1, -0.05) is 0 Å². The number of hydrogen-bond acceptors (Lipinski definition) is 4. The Balaban J connectivity index is 1.85. The molecule has 5 nitrogen and oxygen atoms in total. The van der Waals surface area contributed by atoms with Crippen molar-refractivity contribution in [2.45, 2.75) is 31.3 Å². The summed E-state index contributed by atoms with van der Waals surface area (Å²) in [6.07, 6.45) is 1.68. The minimum Gasteiger partial charge on any atom is -0.491 e. The van der Waals surface area contributed by atoms with E-state index in [2.05, 4.69) is 15.0 Å². The monoisotopic (exact) mass is 389 g/mol. The van der Waals surface area contributed by atoms with Crippen molar-refractivity contribution in [3.8, 4) is 5.75 Å². The molecular weight excluding hydrogens is 366 g/mol. The molecule has 2 fully saturated rings. The van der Waals surface area contributed by atoms with Gasteiger partial charge in [-0.25, -0.2) is 8.78 Å². The van der Waals surface area contributed by atoms with Gasteiger partial charge in [0.15, 0.2) is 17.4 Å². The fourth-order valence-corrected chi connectivity index (χ4v) is 4.01.